The predicted octanol–water partition coefficient (Wildman–Crippen LogP) is 23.4. The molecule has 0 fully saturated rings. The summed E-state index contributed by atoms with van der Waals surface area (Å²) in [4.78, 5) is 89.0. The highest BCUT2D eigenvalue weighted by Crippen LogP contribution is 2.41. The summed E-state index contributed by atoms with van der Waals surface area (Å²) in [7, 11) is 0. The molecule has 0 bridgehead atoms. The zero-order valence-corrected chi connectivity index (χ0v) is 70.8. The van der Waals surface area contributed by atoms with Crippen molar-refractivity contribution < 1.29 is 0 Å². The van der Waals surface area contributed by atoms with Crippen LogP contribution in [0, 0.1) is 0 Å². The van der Waals surface area contributed by atoms with Gasteiger partial charge in [0.15, 0.2) is 17.5 Å². The number of benzene rings is 10. The van der Waals surface area contributed by atoms with E-state index in [0.717, 1.165) is 181 Å². The first-order valence-electron chi connectivity index (χ1n) is 43.7. The minimum atomic E-state index is 0.391. The third kappa shape index (κ3) is 12.6. The Labute approximate surface area is 759 Å². The molecule has 0 saturated heterocycles. The molecule has 10 aromatic carbocycles. The molecule has 0 amide bonds. The van der Waals surface area contributed by atoms with Crippen molar-refractivity contribution in [2.24, 2.45) is 0 Å². The molecule has 0 aliphatic heterocycles. The summed E-state index contributed by atoms with van der Waals surface area (Å²) in [6.45, 7) is 0. The Hall–Kier alpha value is -19.1. The van der Waals surface area contributed by atoms with E-state index in [0.29, 0.717) is 64.5 Å². The molecule has 0 unspecified atom stereocenters. The van der Waals surface area contributed by atoms with Gasteiger partial charge in [-0.25, -0.2) is 39.5 Å². The van der Waals surface area contributed by atoms with Gasteiger partial charge in [0.05, 0.1) is 38.6 Å². The first kappa shape index (κ1) is 76.2. The van der Waals surface area contributed by atoms with Crippen LogP contribution < -0.4 is 0 Å². The lowest BCUT2D eigenvalue weighted by atomic mass is 10.0. The summed E-state index contributed by atoms with van der Waals surface area (Å²) >= 11 is 0. The Balaban J connectivity index is 0.000000105. The molecule has 0 aliphatic rings. The maximum Gasteiger partial charge on any atom is 0.242 e. The number of nitrogens with zero attached hydrogens (tertiary/aromatic N) is 24. The second-order valence-electron chi connectivity index (χ2n) is 32.3. The zero-order chi connectivity index (χ0) is 88.3. The van der Waals surface area contributed by atoms with E-state index in [-0.39, 0.29) is 0 Å². The van der Waals surface area contributed by atoms with E-state index >= 15 is 0 Å². The molecule has 28 aromatic rings. The third-order valence-corrected chi connectivity index (χ3v) is 24.7. The fraction of sp³-hybridized carbons (Fsp3) is 0. The Morgan fingerprint density at radius 1 is 0.149 bits per heavy atom. The van der Waals surface area contributed by atoms with Gasteiger partial charge in [0.25, 0.3) is 0 Å². The van der Waals surface area contributed by atoms with E-state index in [1.54, 1.807) is 55.8 Å². The van der Waals surface area contributed by atoms with Crippen LogP contribution in [0.5, 0.6) is 0 Å². The van der Waals surface area contributed by atoms with Crippen molar-refractivity contribution in [3.05, 3.63) is 402 Å². The van der Waals surface area contributed by atoms with E-state index in [4.69, 9.17) is 84.7 Å². The van der Waals surface area contributed by atoms with Crippen LogP contribution >= 0.6 is 0 Å². The van der Waals surface area contributed by atoms with E-state index in [1.807, 2.05) is 215 Å². The minimum absolute atomic E-state index is 0.391. The highest BCUT2D eigenvalue weighted by atomic mass is 15.3. The minimum Gasteiger partial charge on any atom is -0.262 e. The van der Waals surface area contributed by atoms with Crippen LogP contribution in [0.1, 0.15) is 0 Å². The molecule has 0 radical (unpaired) electrons. The van der Waals surface area contributed by atoms with Crippen LogP contribution in [0.15, 0.2) is 402 Å². The molecular weight excluding hydrogens is 1660 g/mol. The van der Waals surface area contributed by atoms with E-state index in [1.165, 1.54) is 0 Å². The molecule has 626 valence electrons. The van der Waals surface area contributed by atoms with Crippen molar-refractivity contribution in [1.29, 1.82) is 0 Å². The van der Waals surface area contributed by atoms with Crippen molar-refractivity contribution in [2.75, 3.05) is 0 Å². The Morgan fingerprint density at radius 2 is 0.403 bits per heavy atom. The molecule has 24 heteroatoms. The molecule has 18 aromatic heterocycles. The predicted molar refractivity (Wildman–Crippen MR) is 528 cm³/mol. The molecule has 0 spiro atoms. The van der Waals surface area contributed by atoms with Gasteiger partial charge >= 0.3 is 0 Å². The van der Waals surface area contributed by atoms with Crippen LogP contribution in [-0.2, 0) is 0 Å². The van der Waals surface area contributed by atoms with Crippen molar-refractivity contribution in [3.8, 4) is 92.1 Å². The molecule has 18 heterocycles. The van der Waals surface area contributed by atoms with Crippen LogP contribution in [0.3, 0.4) is 0 Å². The van der Waals surface area contributed by atoms with Crippen molar-refractivity contribution in [1.82, 2.24) is 117 Å². The van der Waals surface area contributed by atoms with Gasteiger partial charge in [-0.15, -0.1) is 0 Å². The molecule has 28 rings (SSSR count). The standard InChI is InChI=1S/2C37H23N7.C36H20N10/c1-2-11-24(12-3-1)25-13-8-14-26(23-25)33-40-36(43-31-19-6-4-15-27(31)29-17-9-21-38-34(29)43)42-37(41-33)44-32-20-7-5-16-28(32)30-18-10-22-39-35(30)44;1-2-10-24(11-3-1)25-18-20-26(21-19-25)33-40-36(43-31-16-6-4-12-27(31)29-14-8-22-38-34(29)43)42-37(41-33)44-32-17-7-5-13-28(32)30-15-9-23-39-35(30)44;1-2-14-28-22(9-1)24-11-5-17-39-32(24)45(28)35-42-31(27-20-21-8-3-15-37-29(21)30-23(27)10-4-16-38-30)43-36(44-35)46-33-25(12-6-18-40-33)26-13-7-19-41-34(26)46/h2*1-23H;1-20H. The highest BCUT2D eigenvalue weighted by Gasteiger charge is 2.28. The lowest BCUT2D eigenvalue weighted by molar-refractivity contribution is 0.880. The number of aromatic nitrogens is 24. The van der Waals surface area contributed by atoms with Crippen molar-refractivity contribution >= 4 is 154 Å². The molecule has 24 nitrogen and oxygen atoms in total. The first-order chi connectivity index (χ1) is 66.5. The monoisotopic (exact) mass is 1720 g/mol. The molecule has 0 saturated carbocycles. The fourth-order valence-electron chi connectivity index (χ4n) is 18.8. The SMILES string of the molecule is c1ccc(-c2ccc(-c3nc(-n4c5ccccc5c5cccnc54)nc(-n4c5ccccc5c5cccnc54)n3)cc2)cc1.c1ccc(-c2cccc(-c3nc(-n4c5ccccc5c5cccnc54)nc(-n4c5ccccc5c5cccnc54)n3)c2)cc1.c1cnc2c(c1)cc(-c1nc(-n3c4ccccc4c4cccnc43)nc(-n3c4ncccc4c4cccnc43)n1)c1cccnc12. The fourth-order valence-corrected chi connectivity index (χ4v) is 18.8. The molecule has 134 heavy (non-hydrogen) atoms. The van der Waals surface area contributed by atoms with Gasteiger partial charge < -0.3 is 0 Å². The van der Waals surface area contributed by atoms with Gasteiger partial charge in [-0.05, 0) is 162 Å². The summed E-state index contributed by atoms with van der Waals surface area (Å²) < 4.78 is 12.0. The Morgan fingerprint density at radius 3 is 0.784 bits per heavy atom. The van der Waals surface area contributed by atoms with Gasteiger partial charge in [0.2, 0.25) is 35.7 Å². The summed E-state index contributed by atoms with van der Waals surface area (Å²) in [6, 6.07) is 117. The summed E-state index contributed by atoms with van der Waals surface area (Å²) in [6.07, 6.45) is 16.1. The number of pyridine rings is 9. The maximum atomic E-state index is 5.17. The van der Waals surface area contributed by atoms with Crippen molar-refractivity contribution in [2.45, 2.75) is 0 Å². The van der Waals surface area contributed by atoms with Crippen molar-refractivity contribution in [3.63, 3.8) is 0 Å². The highest BCUT2D eigenvalue weighted by molar-refractivity contribution is 6.14. The maximum absolute atomic E-state index is 5.17. The first-order valence-corrected chi connectivity index (χ1v) is 43.7. The quantitative estimate of drug-likeness (QED) is 0.109. The normalized spacial score (nSPS) is 11.7. The average molecular weight is 1720 g/mol. The number of hydrogen-bond donors (Lipinski definition) is 0. The molecule has 0 atom stereocenters. The lowest BCUT2D eigenvalue weighted by Gasteiger charge is -2.13. The number of rotatable bonds is 11. The third-order valence-electron chi connectivity index (χ3n) is 24.7. The average Bonchev–Trinajstić information content (AvgIpc) is 1.54. The van der Waals surface area contributed by atoms with Gasteiger partial charge in [-0.2, -0.15) is 44.9 Å². The van der Waals surface area contributed by atoms with Crippen LogP contribution in [0.2, 0.25) is 0 Å². The topological polar surface area (TPSA) is 262 Å². The second-order valence-corrected chi connectivity index (χ2v) is 32.3. The number of hydrogen-bond acceptors (Lipinski definition) is 18. The van der Waals surface area contributed by atoms with E-state index < -0.39 is 0 Å². The molecule has 0 aliphatic carbocycles. The summed E-state index contributed by atoms with van der Waals surface area (Å²) in [5.74, 6) is 4.38. The number of para-hydroxylation sites is 5. The lowest BCUT2D eigenvalue weighted by Crippen LogP contribution is -2.11. The largest absolute Gasteiger partial charge is 0.262 e. The van der Waals surface area contributed by atoms with Crippen LogP contribution in [0.4, 0.5) is 0 Å². The molecule has 0 N–H and O–H groups in total. The Kier molecular flexibility index (Phi) is 17.9. The summed E-state index contributed by atoms with van der Waals surface area (Å²) in [5, 5.41) is 14.3. The second kappa shape index (κ2) is 31.4. The van der Waals surface area contributed by atoms with Gasteiger partial charge in [0, 0.05) is 148 Å². The van der Waals surface area contributed by atoms with Crippen LogP contribution in [-0.4, -0.2) is 117 Å². The van der Waals surface area contributed by atoms with Gasteiger partial charge in [0.1, 0.15) is 39.5 Å². The smallest absolute Gasteiger partial charge is 0.242 e. The van der Waals surface area contributed by atoms with Gasteiger partial charge in [-0.3, -0.25) is 32.8 Å². The van der Waals surface area contributed by atoms with Crippen LogP contribution in [0.25, 0.3) is 246 Å². The molecular formula is C110H66N24. The van der Waals surface area contributed by atoms with E-state index in [2.05, 4.69) is 163 Å². The van der Waals surface area contributed by atoms with Gasteiger partial charge in [-0.1, -0.05) is 206 Å². The Bertz CT molecular complexity index is 8860. The number of fused-ring (bicyclic) bond motifs is 21. The van der Waals surface area contributed by atoms with E-state index in [9.17, 15) is 0 Å². The summed E-state index contributed by atoms with van der Waals surface area (Å²) in [5.41, 5.74) is 18.8. The zero-order valence-electron chi connectivity index (χ0n) is 70.8.